The smallest absolute Gasteiger partial charge is 0.236 e. The Hall–Kier alpha value is -1.85. The number of hydrogen-bond acceptors (Lipinski definition) is 3. The number of rotatable bonds is 5. The summed E-state index contributed by atoms with van der Waals surface area (Å²) in [6.45, 7) is 1.84. The number of benzene rings is 1. The Morgan fingerprint density at radius 1 is 1.18 bits per heavy atom. The molecule has 0 amide bonds. The molecule has 0 aliphatic heterocycles. The molecule has 1 aliphatic rings. The van der Waals surface area contributed by atoms with Crippen molar-refractivity contribution in [2.45, 2.75) is 32.2 Å². The third-order valence-corrected chi connectivity index (χ3v) is 5.53. The number of nitrogens with one attached hydrogen (secondary N) is 1. The molecule has 116 valence electrons. The fourth-order valence-electron chi connectivity index (χ4n) is 2.73. The summed E-state index contributed by atoms with van der Waals surface area (Å²) in [6, 6.07) is 11.3. The highest BCUT2D eigenvalue weighted by Gasteiger charge is 2.23. The second-order valence-electron chi connectivity index (χ2n) is 5.62. The standard InChI is InChI=1S/C17H19NO3S/c1-13(11-16-7-4-10-21-16)18-22(19,20)17-9-8-14-5-2-3-6-15(14)12-17/h2-7,10,12-13,18H,8-9,11H2,1H3. The van der Waals surface area contributed by atoms with E-state index in [9.17, 15) is 8.42 Å². The van der Waals surface area contributed by atoms with E-state index in [0.717, 1.165) is 17.7 Å². The highest BCUT2D eigenvalue weighted by molar-refractivity contribution is 7.93. The lowest BCUT2D eigenvalue weighted by molar-refractivity contribution is 0.479. The molecule has 1 heterocycles. The number of hydrogen-bond donors (Lipinski definition) is 1. The van der Waals surface area contributed by atoms with Crippen molar-refractivity contribution in [1.82, 2.24) is 4.72 Å². The highest BCUT2D eigenvalue weighted by Crippen LogP contribution is 2.26. The molecule has 5 heteroatoms. The minimum Gasteiger partial charge on any atom is -0.469 e. The van der Waals surface area contributed by atoms with E-state index in [0.29, 0.717) is 17.7 Å². The van der Waals surface area contributed by atoms with E-state index in [2.05, 4.69) is 4.72 Å². The number of sulfonamides is 1. The molecule has 0 fully saturated rings. The van der Waals surface area contributed by atoms with Crippen molar-refractivity contribution < 1.29 is 12.8 Å². The normalized spacial score (nSPS) is 16.0. The fraction of sp³-hybridized carbons (Fsp3) is 0.294. The lowest BCUT2D eigenvalue weighted by Gasteiger charge is -2.19. The zero-order chi connectivity index (χ0) is 15.6. The highest BCUT2D eigenvalue weighted by atomic mass is 32.2. The molecule has 1 unspecified atom stereocenters. The molecule has 0 bridgehead atoms. The van der Waals surface area contributed by atoms with Gasteiger partial charge in [0.2, 0.25) is 10.0 Å². The average Bonchev–Trinajstić information content (AvgIpc) is 2.99. The molecule has 1 N–H and O–H groups in total. The Morgan fingerprint density at radius 3 is 2.77 bits per heavy atom. The summed E-state index contributed by atoms with van der Waals surface area (Å²) in [5.41, 5.74) is 2.19. The molecule has 1 aromatic heterocycles. The largest absolute Gasteiger partial charge is 0.469 e. The summed E-state index contributed by atoms with van der Waals surface area (Å²) in [5.74, 6) is 0.776. The zero-order valence-corrected chi connectivity index (χ0v) is 13.3. The summed E-state index contributed by atoms with van der Waals surface area (Å²) >= 11 is 0. The van der Waals surface area contributed by atoms with Crippen LogP contribution in [0.5, 0.6) is 0 Å². The van der Waals surface area contributed by atoms with Crippen molar-refractivity contribution in [2.75, 3.05) is 0 Å². The molecule has 2 aromatic rings. The monoisotopic (exact) mass is 317 g/mol. The van der Waals surface area contributed by atoms with Gasteiger partial charge in [-0.15, -0.1) is 0 Å². The molecule has 0 saturated heterocycles. The van der Waals surface area contributed by atoms with Crippen LogP contribution in [0.25, 0.3) is 6.08 Å². The van der Waals surface area contributed by atoms with Gasteiger partial charge in [-0.25, -0.2) is 13.1 Å². The maximum Gasteiger partial charge on any atom is 0.236 e. The first kappa shape index (κ1) is 15.1. The molecule has 1 aromatic carbocycles. The predicted molar refractivity (Wildman–Crippen MR) is 86.7 cm³/mol. The van der Waals surface area contributed by atoms with E-state index in [-0.39, 0.29) is 6.04 Å². The fourth-order valence-corrected chi connectivity index (χ4v) is 4.15. The van der Waals surface area contributed by atoms with Crippen LogP contribution in [-0.4, -0.2) is 14.5 Å². The van der Waals surface area contributed by atoms with Gasteiger partial charge < -0.3 is 4.42 Å². The lowest BCUT2D eigenvalue weighted by atomic mass is 9.98. The van der Waals surface area contributed by atoms with E-state index in [1.165, 1.54) is 5.56 Å². The summed E-state index contributed by atoms with van der Waals surface area (Å²) in [7, 11) is -3.46. The van der Waals surface area contributed by atoms with Gasteiger partial charge in [0.1, 0.15) is 5.76 Å². The zero-order valence-electron chi connectivity index (χ0n) is 12.5. The minimum atomic E-state index is -3.46. The van der Waals surface area contributed by atoms with Crippen molar-refractivity contribution in [2.24, 2.45) is 0 Å². The molecular formula is C17H19NO3S. The second-order valence-corrected chi connectivity index (χ2v) is 7.38. The predicted octanol–water partition coefficient (Wildman–Crippen LogP) is 3.12. The molecule has 0 radical (unpaired) electrons. The quantitative estimate of drug-likeness (QED) is 0.922. The van der Waals surface area contributed by atoms with Crippen molar-refractivity contribution >= 4 is 16.1 Å². The summed E-state index contributed by atoms with van der Waals surface area (Å²) < 4.78 is 33.0. The van der Waals surface area contributed by atoms with E-state index in [1.807, 2.05) is 37.3 Å². The Morgan fingerprint density at radius 2 is 2.00 bits per heavy atom. The van der Waals surface area contributed by atoms with Crippen LogP contribution in [0.1, 0.15) is 30.2 Å². The van der Waals surface area contributed by atoms with Crippen LogP contribution < -0.4 is 4.72 Å². The second kappa shape index (κ2) is 6.10. The van der Waals surface area contributed by atoms with E-state index in [4.69, 9.17) is 4.42 Å². The number of furan rings is 1. The third kappa shape index (κ3) is 3.31. The van der Waals surface area contributed by atoms with Crippen LogP contribution >= 0.6 is 0 Å². The van der Waals surface area contributed by atoms with Gasteiger partial charge in [0.05, 0.1) is 11.2 Å². The van der Waals surface area contributed by atoms with Crippen LogP contribution in [0.15, 0.2) is 52.0 Å². The Bertz CT molecular complexity index is 776. The van der Waals surface area contributed by atoms with Crippen LogP contribution in [0.2, 0.25) is 0 Å². The van der Waals surface area contributed by atoms with Crippen molar-refractivity contribution in [3.05, 3.63) is 64.5 Å². The van der Waals surface area contributed by atoms with E-state index < -0.39 is 10.0 Å². The van der Waals surface area contributed by atoms with E-state index >= 15 is 0 Å². The minimum absolute atomic E-state index is 0.214. The molecule has 0 spiro atoms. The first-order chi connectivity index (χ1) is 10.5. The summed E-state index contributed by atoms with van der Waals surface area (Å²) in [5, 5.41) is 0. The summed E-state index contributed by atoms with van der Waals surface area (Å²) in [4.78, 5) is 0.456. The van der Waals surface area contributed by atoms with Gasteiger partial charge in [0.15, 0.2) is 0 Å². The van der Waals surface area contributed by atoms with Gasteiger partial charge in [0.25, 0.3) is 0 Å². The maximum atomic E-state index is 12.5. The Balaban J connectivity index is 1.75. The van der Waals surface area contributed by atoms with Gasteiger partial charge in [-0.1, -0.05) is 24.3 Å². The third-order valence-electron chi connectivity index (χ3n) is 3.80. The van der Waals surface area contributed by atoms with Gasteiger partial charge in [0, 0.05) is 12.5 Å². The SMILES string of the molecule is CC(Cc1ccco1)NS(=O)(=O)C1=Cc2ccccc2CC1. The van der Waals surface area contributed by atoms with Crippen LogP contribution in [-0.2, 0) is 22.9 Å². The maximum absolute atomic E-state index is 12.5. The van der Waals surface area contributed by atoms with E-state index in [1.54, 1.807) is 18.4 Å². The molecule has 4 nitrogen and oxygen atoms in total. The van der Waals surface area contributed by atoms with Crippen molar-refractivity contribution in [3.63, 3.8) is 0 Å². The molecule has 22 heavy (non-hydrogen) atoms. The van der Waals surface area contributed by atoms with Crippen LogP contribution in [0.3, 0.4) is 0 Å². The molecular weight excluding hydrogens is 298 g/mol. The van der Waals surface area contributed by atoms with Gasteiger partial charge in [-0.2, -0.15) is 0 Å². The lowest BCUT2D eigenvalue weighted by Crippen LogP contribution is -2.35. The molecule has 3 rings (SSSR count). The number of allylic oxidation sites excluding steroid dienone is 1. The van der Waals surface area contributed by atoms with Crippen molar-refractivity contribution in [1.29, 1.82) is 0 Å². The van der Waals surface area contributed by atoms with Crippen LogP contribution in [0.4, 0.5) is 0 Å². The molecule has 0 saturated carbocycles. The van der Waals surface area contributed by atoms with Gasteiger partial charge in [-0.05, 0) is 49.1 Å². The number of aryl methyl sites for hydroxylation is 1. The average molecular weight is 317 g/mol. The molecule has 1 atom stereocenters. The van der Waals surface area contributed by atoms with Crippen LogP contribution in [0, 0.1) is 0 Å². The first-order valence-electron chi connectivity index (χ1n) is 7.38. The van der Waals surface area contributed by atoms with Gasteiger partial charge >= 0.3 is 0 Å². The van der Waals surface area contributed by atoms with Crippen molar-refractivity contribution in [3.8, 4) is 0 Å². The Labute approximate surface area is 130 Å². The number of fused-ring (bicyclic) bond motifs is 1. The topological polar surface area (TPSA) is 59.3 Å². The first-order valence-corrected chi connectivity index (χ1v) is 8.86. The molecule has 1 aliphatic carbocycles. The van der Waals surface area contributed by atoms with Gasteiger partial charge in [-0.3, -0.25) is 0 Å². The Kier molecular flexibility index (Phi) is 4.18. The summed E-state index contributed by atoms with van der Waals surface area (Å²) in [6.07, 6.45) is 5.21.